The molecule has 5 nitrogen and oxygen atoms in total. The Hall–Kier alpha value is -0.910. The summed E-state index contributed by atoms with van der Waals surface area (Å²) in [5, 5.41) is 16.7. The van der Waals surface area contributed by atoms with Crippen molar-refractivity contribution in [1.82, 2.24) is 20.0 Å². The molecule has 0 radical (unpaired) electrons. The molecule has 1 atom stereocenters. The molecule has 0 bridgehead atoms. The highest BCUT2D eigenvalue weighted by Gasteiger charge is 2.29. The number of hydrogen-bond acceptors (Lipinski definition) is 4. The molecule has 1 fully saturated rings. The van der Waals surface area contributed by atoms with E-state index >= 15 is 0 Å². The molecule has 0 aromatic carbocycles. The number of nitrogens with zero attached hydrogens (tertiary/aromatic N) is 3. The van der Waals surface area contributed by atoms with Crippen LogP contribution in [0, 0.1) is 12.3 Å². The SMILES string of the molecule is Cc1cc(CN2CCN(CC(C)(C)C)[C@H](CCO)C2)n[nH]1. The van der Waals surface area contributed by atoms with Crippen molar-refractivity contribution in [2.45, 2.75) is 46.7 Å². The second-order valence-corrected chi connectivity index (χ2v) is 7.47. The van der Waals surface area contributed by atoms with Crippen LogP contribution >= 0.6 is 0 Å². The van der Waals surface area contributed by atoms with Gasteiger partial charge in [-0.15, -0.1) is 0 Å². The first kappa shape index (κ1) is 16.5. The summed E-state index contributed by atoms with van der Waals surface area (Å²) >= 11 is 0. The maximum atomic E-state index is 9.35. The number of hydrogen-bond donors (Lipinski definition) is 2. The zero-order chi connectivity index (χ0) is 15.5. The summed E-state index contributed by atoms with van der Waals surface area (Å²) in [5.41, 5.74) is 2.53. The number of piperazine rings is 1. The summed E-state index contributed by atoms with van der Waals surface area (Å²) in [6.45, 7) is 14.3. The Morgan fingerprint density at radius 2 is 2.14 bits per heavy atom. The second-order valence-electron chi connectivity index (χ2n) is 7.47. The Morgan fingerprint density at radius 3 is 2.71 bits per heavy atom. The number of H-pyrrole nitrogens is 1. The molecule has 2 rings (SSSR count). The number of rotatable bonds is 5. The van der Waals surface area contributed by atoms with Crippen molar-refractivity contribution < 1.29 is 5.11 Å². The average Bonchev–Trinajstić information content (AvgIpc) is 2.77. The monoisotopic (exact) mass is 294 g/mol. The highest BCUT2D eigenvalue weighted by molar-refractivity contribution is 5.06. The lowest BCUT2D eigenvalue weighted by atomic mass is 9.94. The molecule has 1 aliphatic heterocycles. The van der Waals surface area contributed by atoms with Gasteiger partial charge in [-0.25, -0.2) is 0 Å². The zero-order valence-electron chi connectivity index (χ0n) is 13.9. The van der Waals surface area contributed by atoms with Crippen LogP contribution in [0.5, 0.6) is 0 Å². The van der Waals surface area contributed by atoms with E-state index in [1.54, 1.807) is 0 Å². The van der Waals surface area contributed by atoms with Gasteiger partial charge in [-0.3, -0.25) is 14.9 Å². The minimum atomic E-state index is 0.265. The van der Waals surface area contributed by atoms with Gasteiger partial charge in [-0.2, -0.15) is 5.10 Å². The Balaban J connectivity index is 1.94. The van der Waals surface area contributed by atoms with Crippen LogP contribution in [0.25, 0.3) is 0 Å². The van der Waals surface area contributed by atoms with Gasteiger partial charge in [-0.1, -0.05) is 20.8 Å². The van der Waals surface area contributed by atoms with Crippen LogP contribution in [0.4, 0.5) is 0 Å². The fourth-order valence-electron chi connectivity index (χ4n) is 3.13. The Labute approximate surface area is 128 Å². The van der Waals surface area contributed by atoms with Crippen molar-refractivity contribution in [3.05, 3.63) is 17.5 Å². The molecule has 0 spiro atoms. The van der Waals surface area contributed by atoms with E-state index in [4.69, 9.17) is 0 Å². The normalized spacial score (nSPS) is 21.9. The van der Waals surface area contributed by atoms with E-state index in [0.29, 0.717) is 11.5 Å². The van der Waals surface area contributed by atoms with Gasteiger partial charge < -0.3 is 5.11 Å². The van der Waals surface area contributed by atoms with Gasteiger partial charge in [0.25, 0.3) is 0 Å². The van der Waals surface area contributed by atoms with Crippen LogP contribution in [-0.4, -0.2) is 63.9 Å². The van der Waals surface area contributed by atoms with Crippen molar-refractivity contribution in [1.29, 1.82) is 0 Å². The zero-order valence-corrected chi connectivity index (χ0v) is 13.9. The van der Waals surface area contributed by atoms with E-state index in [2.05, 4.69) is 46.8 Å². The van der Waals surface area contributed by atoms with Gasteiger partial charge in [-0.05, 0) is 24.8 Å². The number of aryl methyl sites for hydroxylation is 1. The summed E-state index contributed by atoms with van der Waals surface area (Å²) in [6.07, 6.45) is 0.853. The molecule has 0 aliphatic carbocycles. The molecule has 1 aromatic heterocycles. The predicted molar refractivity (Wildman–Crippen MR) is 85.1 cm³/mol. The number of aromatic amines is 1. The number of aliphatic hydroxyl groups excluding tert-OH is 1. The third kappa shape index (κ3) is 5.09. The quantitative estimate of drug-likeness (QED) is 0.867. The molecule has 1 saturated heterocycles. The highest BCUT2D eigenvalue weighted by atomic mass is 16.3. The van der Waals surface area contributed by atoms with Gasteiger partial charge >= 0.3 is 0 Å². The Morgan fingerprint density at radius 1 is 1.38 bits per heavy atom. The van der Waals surface area contributed by atoms with Crippen LogP contribution in [0.1, 0.15) is 38.6 Å². The van der Waals surface area contributed by atoms with E-state index in [9.17, 15) is 5.11 Å². The van der Waals surface area contributed by atoms with Crippen molar-refractivity contribution >= 4 is 0 Å². The third-order valence-electron chi connectivity index (χ3n) is 3.97. The Bertz CT molecular complexity index is 438. The molecular weight excluding hydrogens is 264 g/mol. The van der Waals surface area contributed by atoms with Crippen molar-refractivity contribution in [2.24, 2.45) is 5.41 Å². The standard InChI is InChI=1S/C16H30N4O/c1-13-9-14(18-17-13)10-19-6-7-20(12-16(2,3)4)15(11-19)5-8-21/h9,15,21H,5-8,10-12H2,1-4H3,(H,17,18)/t15-/m1/s1. The van der Waals surface area contributed by atoms with E-state index in [1.165, 1.54) is 0 Å². The van der Waals surface area contributed by atoms with Crippen LogP contribution < -0.4 is 0 Å². The maximum Gasteiger partial charge on any atom is 0.0765 e. The maximum absolute atomic E-state index is 9.35. The topological polar surface area (TPSA) is 55.4 Å². The first-order valence-electron chi connectivity index (χ1n) is 7.95. The van der Waals surface area contributed by atoms with Crippen molar-refractivity contribution in [3.63, 3.8) is 0 Å². The molecular formula is C16H30N4O. The molecule has 1 aromatic rings. The molecule has 2 heterocycles. The first-order chi connectivity index (χ1) is 9.87. The van der Waals surface area contributed by atoms with Gasteiger partial charge in [0, 0.05) is 51.1 Å². The van der Waals surface area contributed by atoms with Crippen LogP contribution in [0.3, 0.4) is 0 Å². The van der Waals surface area contributed by atoms with Crippen molar-refractivity contribution in [2.75, 3.05) is 32.8 Å². The molecule has 0 saturated carbocycles. The van der Waals surface area contributed by atoms with Crippen LogP contribution in [0.15, 0.2) is 6.07 Å². The largest absolute Gasteiger partial charge is 0.396 e. The summed E-state index contributed by atoms with van der Waals surface area (Å²) in [5.74, 6) is 0. The molecule has 1 aliphatic rings. The molecule has 21 heavy (non-hydrogen) atoms. The minimum Gasteiger partial charge on any atom is -0.396 e. The minimum absolute atomic E-state index is 0.265. The first-order valence-corrected chi connectivity index (χ1v) is 7.95. The lowest BCUT2D eigenvalue weighted by Gasteiger charge is -2.43. The second kappa shape index (κ2) is 6.90. The average molecular weight is 294 g/mol. The number of nitrogens with one attached hydrogen (secondary N) is 1. The van der Waals surface area contributed by atoms with Crippen molar-refractivity contribution in [3.8, 4) is 0 Å². The lowest BCUT2D eigenvalue weighted by molar-refractivity contribution is 0.0335. The molecule has 2 N–H and O–H groups in total. The lowest BCUT2D eigenvalue weighted by Crippen LogP contribution is -2.54. The van der Waals surface area contributed by atoms with Crippen LogP contribution in [0.2, 0.25) is 0 Å². The van der Waals surface area contributed by atoms with Gasteiger partial charge in [0.05, 0.1) is 5.69 Å². The summed E-state index contributed by atoms with van der Waals surface area (Å²) in [7, 11) is 0. The van der Waals surface area contributed by atoms with Crippen LogP contribution in [-0.2, 0) is 6.54 Å². The number of aliphatic hydroxyl groups is 1. The summed E-state index contributed by atoms with van der Waals surface area (Å²) in [6, 6.07) is 2.56. The highest BCUT2D eigenvalue weighted by Crippen LogP contribution is 2.21. The van der Waals surface area contributed by atoms with Gasteiger partial charge in [0.2, 0.25) is 0 Å². The van der Waals surface area contributed by atoms with E-state index in [0.717, 1.165) is 50.5 Å². The number of aromatic nitrogens is 2. The summed E-state index contributed by atoms with van der Waals surface area (Å²) in [4.78, 5) is 5.00. The molecule has 0 amide bonds. The predicted octanol–water partition coefficient (Wildman–Crippen LogP) is 1.63. The van der Waals surface area contributed by atoms with Gasteiger partial charge in [0.15, 0.2) is 0 Å². The fraction of sp³-hybridized carbons (Fsp3) is 0.812. The molecule has 5 heteroatoms. The molecule has 0 unspecified atom stereocenters. The van der Waals surface area contributed by atoms with Gasteiger partial charge in [0.1, 0.15) is 0 Å². The molecule has 120 valence electrons. The third-order valence-corrected chi connectivity index (χ3v) is 3.97. The van der Waals surface area contributed by atoms with E-state index in [-0.39, 0.29) is 6.61 Å². The smallest absolute Gasteiger partial charge is 0.0765 e. The van der Waals surface area contributed by atoms with E-state index in [1.807, 2.05) is 6.92 Å². The van der Waals surface area contributed by atoms with E-state index < -0.39 is 0 Å². The fourth-order valence-corrected chi connectivity index (χ4v) is 3.13. The summed E-state index contributed by atoms with van der Waals surface area (Å²) < 4.78 is 0. The Kier molecular flexibility index (Phi) is 5.41.